The number of aliphatic hydroxyl groups is 1. The molecule has 39 heavy (non-hydrogen) atoms. The van der Waals surface area contributed by atoms with E-state index in [-0.39, 0.29) is 18.3 Å². The molecule has 0 atom stereocenters. The third-order valence-electron chi connectivity index (χ3n) is 8.30. The van der Waals surface area contributed by atoms with E-state index in [1.807, 2.05) is 53.4 Å². The van der Waals surface area contributed by atoms with Gasteiger partial charge in [0.15, 0.2) is 5.79 Å². The molecule has 3 aromatic carbocycles. The smallest absolute Gasteiger partial charge is 0.253 e. The molecule has 1 saturated carbocycles. The molecule has 7 heteroatoms. The fraction of sp³-hybridized carbons (Fsp3) is 0.406. The van der Waals surface area contributed by atoms with Crippen LogP contribution in [0.5, 0.6) is 11.5 Å². The molecule has 7 nitrogen and oxygen atoms in total. The third-order valence-corrected chi connectivity index (χ3v) is 8.30. The maximum Gasteiger partial charge on any atom is 0.253 e. The van der Waals surface area contributed by atoms with Gasteiger partial charge in [0.2, 0.25) is 0 Å². The Morgan fingerprint density at radius 2 is 1.59 bits per heavy atom. The van der Waals surface area contributed by atoms with Crippen molar-refractivity contribution in [3.8, 4) is 11.5 Å². The molecular weight excluding hydrogens is 492 g/mol. The van der Waals surface area contributed by atoms with Crippen molar-refractivity contribution in [2.24, 2.45) is 0 Å². The van der Waals surface area contributed by atoms with E-state index >= 15 is 0 Å². The molecule has 2 aliphatic heterocycles. The summed E-state index contributed by atoms with van der Waals surface area (Å²) >= 11 is 0. The van der Waals surface area contributed by atoms with Gasteiger partial charge in [-0.15, -0.1) is 0 Å². The van der Waals surface area contributed by atoms with Crippen molar-refractivity contribution in [2.75, 3.05) is 44.3 Å². The van der Waals surface area contributed by atoms with Gasteiger partial charge in [0.1, 0.15) is 11.5 Å². The van der Waals surface area contributed by atoms with E-state index in [9.17, 15) is 9.90 Å². The van der Waals surface area contributed by atoms with Crippen LogP contribution in [0.1, 0.15) is 53.1 Å². The van der Waals surface area contributed by atoms with Crippen molar-refractivity contribution in [2.45, 2.75) is 44.0 Å². The molecular formula is C32H36N2O5. The van der Waals surface area contributed by atoms with E-state index in [2.05, 4.69) is 29.2 Å². The summed E-state index contributed by atoms with van der Waals surface area (Å²) in [5.74, 6) is 1.36. The van der Waals surface area contributed by atoms with Gasteiger partial charge < -0.3 is 29.1 Å². The second-order valence-electron chi connectivity index (χ2n) is 10.6. The molecule has 6 rings (SSSR count). The van der Waals surface area contributed by atoms with E-state index in [4.69, 9.17) is 14.2 Å². The highest BCUT2D eigenvalue weighted by Gasteiger charge is 2.40. The normalized spacial score (nSPS) is 19.4. The maximum atomic E-state index is 13.1. The van der Waals surface area contributed by atoms with Gasteiger partial charge >= 0.3 is 0 Å². The van der Waals surface area contributed by atoms with Crippen LogP contribution in [0.2, 0.25) is 0 Å². The van der Waals surface area contributed by atoms with Crippen LogP contribution in [-0.2, 0) is 16.1 Å². The average Bonchev–Trinajstić information content (AvgIpc) is 3.46. The first kappa shape index (κ1) is 25.9. The predicted octanol–water partition coefficient (Wildman–Crippen LogP) is 5.33. The Kier molecular flexibility index (Phi) is 7.55. The van der Waals surface area contributed by atoms with E-state index < -0.39 is 0 Å². The van der Waals surface area contributed by atoms with E-state index in [1.165, 1.54) is 11.3 Å². The second-order valence-corrected chi connectivity index (χ2v) is 10.6. The lowest BCUT2D eigenvalue weighted by atomic mass is 9.80. The van der Waals surface area contributed by atoms with E-state index in [0.29, 0.717) is 49.3 Å². The van der Waals surface area contributed by atoms with E-state index in [1.54, 1.807) is 0 Å². The molecule has 0 unspecified atom stereocenters. The number of carbonyl (C=O) groups is 1. The highest BCUT2D eigenvalue weighted by atomic mass is 16.7. The Balaban J connectivity index is 1.06. The summed E-state index contributed by atoms with van der Waals surface area (Å²) in [5.41, 5.74) is 3.82. The zero-order valence-corrected chi connectivity index (χ0v) is 22.3. The van der Waals surface area contributed by atoms with Crippen LogP contribution in [0.25, 0.3) is 0 Å². The number of carbonyl (C=O) groups excluding carboxylic acids is 1. The first-order chi connectivity index (χ1) is 19.1. The van der Waals surface area contributed by atoms with Crippen LogP contribution in [0.4, 0.5) is 5.69 Å². The molecule has 0 aromatic heterocycles. The summed E-state index contributed by atoms with van der Waals surface area (Å²) in [6, 6.07) is 23.7. The Morgan fingerprint density at radius 1 is 0.897 bits per heavy atom. The van der Waals surface area contributed by atoms with Gasteiger partial charge in [0.25, 0.3) is 5.91 Å². The Labute approximate surface area is 229 Å². The Bertz CT molecular complexity index is 1260. The van der Waals surface area contributed by atoms with Crippen LogP contribution < -0.4 is 9.64 Å². The van der Waals surface area contributed by atoms with Crippen LogP contribution in [-0.4, -0.2) is 61.1 Å². The monoisotopic (exact) mass is 528 g/mol. The van der Waals surface area contributed by atoms with Crippen molar-refractivity contribution in [1.82, 2.24) is 4.90 Å². The fourth-order valence-electron chi connectivity index (χ4n) is 6.03. The average molecular weight is 529 g/mol. The largest absolute Gasteiger partial charge is 0.457 e. The highest BCUT2D eigenvalue weighted by molar-refractivity contribution is 5.94. The van der Waals surface area contributed by atoms with Crippen molar-refractivity contribution in [3.63, 3.8) is 0 Å². The van der Waals surface area contributed by atoms with Gasteiger partial charge in [-0.1, -0.05) is 24.3 Å². The molecule has 3 fully saturated rings. The number of nitrogens with zero attached hydrogens (tertiary/aromatic N) is 2. The lowest BCUT2D eigenvalue weighted by molar-refractivity contribution is -0.178. The van der Waals surface area contributed by atoms with Crippen molar-refractivity contribution >= 4 is 11.6 Å². The summed E-state index contributed by atoms with van der Waals surface area (Å²) in [6.45, 7) is 4.30. The number of rotatable bonds is 6. The van der Waals surface area contributed by atoms with Gasteiger partial charge in [-0.3, -0.25) is 4.79 Å². The lowest BCUT2D eigenvalue weighted by Gasteiger charge is -2.36. The fourth-order valence-corrected chi connectivity index (χ4v) is 6.03. The second kappa shape index (κ2) is 11.4. The summed E-state index contributed by atoms with van der Waals surface area (Å²) in [5, 5.41) is 10.1. The molecule has 204 valence electrons. The van der Waals surface area contributed by atoms with Crippen molar-refractivity contribution in [1.29, 1.82) is 0 Å². The molecule has 0 radical (unpaired) electrons. The van der Waals surface area contributed by atoms with Crippen molar-refractivity contribution in [3.05, 3.63) is 89.5 Å². The van der Waals surface area contributed by atoms with Gasteiger partial charge in [0.05, 0.1) is 19.8 Å². The number of para-hydroxylation sites is 1. The first-order valence-corrected chi connectivity index (χ1v) is 14.0. The van der Waals surface area contributed by atoms with Gasteiger partial charge in [-0.2, -0.15) is 0 Å². The lowest BCUT2D eigenvalue weighted by Crippen LogP contribution is -2.48. The zero-order valence-electron chi connectivity index (χ0n) is 22.3. The molecule has 1 aliphatic carbocycles. The quantitative estimate of drug-likeness (QED) is 0.466. The molecule has 1 spiro atoms. The van der Waals surface area contributed by atoms with E-state index in [0.717, 1.165) is 44.3 Å². The third kappa shape index (κ3) is 5.66. The van der Waals surface area contributed by atoms with Crippen LogP contribution in [0.3, 0.4) is 0 Å². The summed E-state index contributed by atoms with van der Waals surface area (Å²) in [7, 11) is 0. The molecule has 2 heterocycles. The SMILES string of the molecule is O=C(c1ccc(Oc2ccc(C3CCC4(CC3)OCCO4)cc2CO)cc1)N1CCN(c2ccccc2)CC1. The summed E-state index contributed by atoms with van der Waals surface area (Å²) < 4.78 is 17.9. The number of amides is 1. The van der Waals surface area contributed by atoms with Crippen LogP contribution >= 0.6 is 0 Å². The number of hydrogen-bond donors (Lipinski definition) is 1. The maximum absolute atomic E-state index is 13.1. The number of anilines is 1. The Morgan fingerprint density at radius 3 is 2.26 bits per heavy atom. The number of aliphatic hydroxyl groups excluding tert-OH is 1. The van der Waals surface area contributed by atoms with Gasteiger partial charge in [-0.05, 0) is 72.9 Å². The van der Waals surface area contributed by atoms with Crippen molar-refractivity contribution < 1.29 is 24.1 Å². The number of hydrogen-bond acceptors (Lipinski definition) is 6. The zero-order chi connectivity index (χ0) is 26.7. The minimum Gasteiger partial charge on any atom is -0.457 e. The van der Waals surface area contributed by atoms with Gasteiger partial charge in [-0.25, -0.2) is 0 Å². The molecule has 0 bridgehead atoms. The number of benzene rings is 3. The Hall–Kier alpha value is -3.39. The molecule has 1 amide bonds. The summed E-state index contributed by atoms with van der Waals surface area (Å²) in [6.07, 6.45) is 3.81. The van der Waals surface area contributed by atoms with Crippen LogP contribution in [0.15, 0.2) is 72.8 Å². The molecule has 2 saturated heterocycles. The molecule has 3 aliphatic rings. The summed E-state index contributed by atoms with van der Waals surface area (Å²) in [4.78, 5) is 17.3. The predicted molar refractivity (Wildman–Crippen MR) is 149 cm³/mol. The van der Waals surface area contributed by atoms with Crippen LogP contribution in [0, 0.1) is 0 Å². The standard InChI is InChI=1S/C32H36N2O5/c35-23-27-22-26(24-12-14-32(15-13-24)37-20-21-38-32)8-11-30(27)39-29-9-6-25(7-10-29)31(36)34-18-16-33(17-19-34)28-4-2-1-3-5-28/h1-11,22,24,35H,12-21,23H2. The van der Waals surface area contributed by atoms with Gasteiger partial charge in [0, 0.05) is 55.8 Å². The molecule has 1 N–H and O–H groups in total. The minimum absolute atomic E-state index is 0.0392. The topological polar surface area (TPSA) is 71.5 Å². The first-order valence-electron chi connectivity index (χ1n) is 14.0. The minimum atomic E-state index is -0.372. The molecule has 3 aromatic rings. The number of piperazine rings is 1. The highest BCUT2D eigenvalue weighted by Crippen LogP contribution is 2.43. The number of ether oxygens (including phenoxy) is 3.